The van der Waals surface area contributed by atoms with Crippen molar-refractivity contribution in [2.45, 2.75) is 28.3 Å². The van der Waals surface area contributed by atoms with Crippen molar-refractivity contribution in [1.29, 1.82) is 0 Å². The number of hydrogen-bond acceptors (Lipinski definition) is 3. The molecule has 2 rings (SSSR count). The molecule has 1 aromatic carbocycles. The fourth-order valence-corrected chi connectivity index (χ4v) is 8.09. The molecule has 0 N–H and O–H groups in total. The average molecular weight is 352 g/mol. The van der Waals surface area contributed by atoms with Crippen LogP contribution in [0.4, 0.5) is 0 Å². The fourth-order valence-electron chi connectivity index (χ4n) is 2.14. The third-order valence-corrected chi connectivity index (χ3v) is 8.91. The molecule has 1 heterocycles. The van der Waals surface area contributed by atoms with Gasteiger partial charge in [0.1, 0.15) is 0 Å². The van der Waals surface area contributed by atoms with E-state index in [2.05, 4.69) is 20.0 Å². The van der Waals surface area contributed by atoms with Crippen molar-refractivity contribution in [3.63, 3.8) is 0 Å². The molecule has 18 heavy (non-hydrogen) atoms. The number of hydrogen-bond donors (Lipinski definition) is 0. The van der Waals surface area contributed by atoms with Gasteiger partial charge in [-0.2, -0.15) is 0 Å². The summed E-state index contributed by atoms with van der Waals surface area (Å²) in [5.74, 6) is 1.77. The zero-order valence-corrected chi connectivity index (χ0v) is 14.2. The maximum atomic E-state index is 5.74. The van der Waals surface area contributed by atoms with Gasteiger partial charge in [-0.15, -0.1) is 0 Å². The molecule has 96 valence electrons. The van der Waals surface area contributed by atoms with Gasteiger partial charge in [-0.1, -0.05) is 0 Å². The van der Waals surface area contributed by atoms with Crippen LogP contribution in [0.1, 0.15) is 11.5 Å². The molecule has 0 radical (unpaired) electrons. The van der Waals surface area contributed by atoms with Gasteiger partial charge >= 0.3 is 112 Å². The Hall–Kier alpha value is -0.971. The third kappa shape index (κ3) is 3.07. The first kappa shape index (κ1) is 13.5. The van der Waals surface area contributed by atoms with Crippen molar-refractivity contribution in [2.24, 2.45) is 0 Å². The number of para-hydroxylation sites is 1. The Morgan fingerprint density at radius 2 is 1.83 bits per heavy atom. The first-order valence-corrected chi connectivity index (χ1v) is 16.1. The van der Waals surface area contributed by atoms with E-state index in [0.717, 1.165) is 17.2 Å². The second-order valence-electron chi connectivity index (χ2n) is 5.42. The fraction of sp³-hybridized carbons (Fsp3) is 0.357. The van der Waals surface area contributed by atoms with Crippen LogP contribution in [0.25, 0.3) is 0 Å². The molecule has 0 bridgehead atoms. The van der Waals surface area contributed by atoms with E-state index in [-0.39, 0.29) is 0 Å². The molecule has 0 saturated heterocycles. The van der Waals surface area contributed by atoms with Crippen LogP contribution in [-0.2, 0) is 6.61 Å². The zero-order valence-electron chi connectivity index (χ0n) is 11.4. The molecule has 0 unspecified atom stereocenters. The van der Waals surface area contributed by atoms with E-state index >= 15 is 0 Å². The molecule has 0 amide bonds. The van der Waals surface area contributed by atoms with Gasteiger partial charge in [-0.3, -0.25) is 0 Å². The maximum absolute atomic E-state index is 5.74. The Labute approximate surface area is 112 Å². The Kier molecular flexibility index (Phi) is 4.00. The monoisotopic (exact) mass is 353 g/mol. The Bertz CT molecular complexity index is 514. The van der Waals surface area contributed by atoms with Crippen molar-refractivity contribution in [2.75, 3.05) is 0 Å². The van der Waals surface area contributed by atoms with Gasteiger partial charge in [-0.25, -0.2) is 0 Å². The number of rotatable bonds is 4. The van der Waals surface area contributed by atoms with E-state index in [0.29, 0.717) is 6.61 Å². The average Bonchev–Trinajstić information content (AvgIpc) is 2.69. The van der Waals surface area contributed by atoms with E-state index in [1.54, 1.807) is 0 Å². The summed E-state index contributed by atoms with van der Waals surface area (Å²) in [7, 11) is 0. The molecule has 0 atom stereocenters. The van der Waals surface area contributed by atoms with Crippen LogP contribution in [0.3, 0.4) is 0 Å². The summed E-state index contributed by atoms with van der Waals surface area (Å²) in [6, 6.07) is 9.80. The summed E-state index contributed by atoms with van der Waals surface area (Å²) in [6.07, 6.45) is 0. The van der Waals surface area contributed by atoms with Crippen molar-refractivity contribution in [3.05, 3.63) is 41.8 Å². The van der Waals surface area contributed by atoms with E-state index in [1.807, 2.05) is 37.3 Å². The predicted molar refractivity (Wildman–Crippen MR) is 75.0 cm³/mol. The third-order valence-electron chi connectivity index (χ3n) is 2.80. The van der Waals surface area contributed by atoms with Crippen LogP contribution in [0.5, 0.6) is 5.75 Å². The summed E-state index contributed by atoms with van der Waals surface area (Å²) >= 11 is -2.19. The summed E-state index contributed by atoms with van der Waals surface area (Å²) in [5, 5.41) is 4.09. The molecule has 1 aromatic heterocycles. The number of benzene rings is 1. The van der Waals surface area contributed by atoms with Crippen LogP contribution in [0.15, 0.2) is 34.9 Å². The molecular formula is C14H19NO2Sn. The van der Waals surface area contributed by atoms with Gasteiger partial charge in [0.2, 0.25) is 0 Å². The van der Waals surface area contributed by atoms with E-state index in [9.17, 15) is 0 Å². The molecule has 0 fully saturated rings. The molecule has 0 aliphatic carbocycles. The Morgan fingerprint density at radius 3 is 2.44 bits per heavy atom. The van der Waals surface area contributed by atoms with Gasteiger partial charge in [0, 0.05) is 0 Å². The van der Waals surface area contributed by atoms with Crippen molar-refractivity contribution in [3.8, 4) is 5.75 Å². The van der Waals surface area contributed by atoms with E-state index in [4.69, 9.17) is 9.26 Å². The summed E-state index contributed by atoms with van der Waals surface area (Å²) in [4.78, 5) is 7.08. The normalized spacial score (nSPS) is 11.6. The summed E-state index contributed by atoms with van der Waals surface area (Å²) < 4.78 is 12.5. The van der Waals surface area contributed by atoms with Gasteiger partial charge in [0.25, 0.3) is 0 Å². The molecule has 0 aliphatic heterocycles. The SMILES string of the molecule is Cc1noc(COc2ccccc2)[c]1[Sn]([CH3])([CH3])[CH3]. The zero-order chi connectivity index (χ0) is 13.2. The standard InChI is InChI=1S/C11H10NO2.3CH3.Sn/c1-9-7-11(14-12-9)8-13-10-5-3-2-4-6-10;;;;/h2-6H,8H2,1H3;3*1H3;. The summed E-state index contributed by atoms with van der Waals surface area (Å²) in [5.41, 5.74) is 1.03. The van der Waals surface area contributed by atoms with Crippen molar-refractivity contribution < 1.29 is 9.26 Å². The van der Waals surface area contributed by atoms with Crippen molar-refractivity contribution >= 4 is 22.0 Å². The quantitative estimate of drug-likeness (QED) is 0.794. The number of nitrogens with zero attached hydrogens (tertiary/aromatic N) is 1. The summed E-state index contributed by atoms with van der Waals surface area (Å²) in [6.45, 7) is 2.49. The van der Waals surface area contributed by atoms with Crippen LogP contribution < -0.4 is 8.32 Å². The number of aromatic nitrogens is 1. The Balaban J connectivity index is 2.16. The van der Waals surface area contributed by atoms with Gasteiger partial charge in [0.15, 0.2) is 0 Å². The van der Waals surface area contributed by atoms with Gasteiger partial charge < -0.3 is 0 Å². The predicted octanol–water partition coefficient (Wildman–Crippen LogP) is 3.11. The topological polar surface area (TPSA) is 35.3 Å². The molecule has 2 aromatic rings. The molecule has 0 spiro atoms. The van der Waals surface area contributed by atoms with E-state index in [1.165, 1.54) is 3.58 Å². The number of ether oxygens (including phenoxy) is 1. The molecule has 3 nitrogen and oxygen atoms in total. The second-order valence-corrected chi connectivity index (χ2v) is 19.7. The van der Waals surface area contributed by atoms with Crippen LogP contribution in [-0.4, -0.2) is 23.5 Å². The van der Waals surface area contributed by atoms with Gasteiger partial charge in [-0.05, 0) is 0 Å². The van der Waals surface area contributed by atoms with Crippen LogP contribution in [0.2, 0.25) is 14.8 Å². The number of aryl methyl sites for hydroxylation is 1. The minimum absolute atomic E-state index is 0.467. The second kappa shape index (κ2) is 5.34. The van der Waals surface area contributed by atoms with Crippen molar-refractivity contribution in [1.82, 2.24) is 5.16 Å². The molecule has 0 saturated carbocycles. The van der Waals surface area contributed by atoms with Crippen LogP contribution >= 0.6 is 0 Å². The van der Waals surface area contributed by atoms with E-state index < -0.39 is 18.4 Å². The Morgan fingerprint density at radius 1 is 1.17 bits per heavy atom. The first-order valence-electron chi connectivity index (χ1n) is 6.12. The molecule has 0 aliphatic rings. The molecular weight excluding hydrogens is 333 g/mol. The minimum atomic E-state index is -2.19. The molecule has 4 heteroatoms. The van der Waals surface area contributed by atoms with Gasteiger partial charge in [0.05, 0.1) is 0 Å². The first-order chi connectivity index (χ1) is 8.48. The van der Waals surface area contributed by atoms with Crippen LogP contribution in [0, 0.1) is 6.92 Å².